The lowest BCUT2D eigenvalue weighted by Crippen LogP contribution is -2.47. The van der Waals surface area contributed by atoms with Crippen molar-refractivity contribution >= 4 is 5.91 Å². The lowest BCUT2D eigenvalue weighted by Gasteiger charge is -2.34. The van der Waals surface area contributed by atoms with Gasteiger partial charge >= 0.3 is 0 Å². The van der Waals surface area contributed by atoms with Crippen molar-refractivity contribution in [2.24, 2.45) is 5.92 Å². The molecule has 0 spiro atoms. The van der Waals surface area contributed by atoms with E-state index in [0.717, 1.165) is 63.2 Å². The minimum atomic E-state index is -0.141. The molecule has 1 heterocycles. The second-order valence-electron chi connectivity index (χ2n) is 7.39. The predicted molar refractivity (Wildman–Crippen MR) is 97.9 cm³/mol. The molecule has 1 saturated heterocycles. The van der Waals surface area contributed by atoms with Crippen LogP contribution in [0.3, 0.4) is 0 Å². The van der Waals surface area contributed by atoms with Crippen LogP contribution in [0, 0.1) is 11.7 Å². The van der Waals surface area contributed by atoms with Crippen LogP contribution in [-0.4, -0.2) is 55.0 Å². The lowest BCUT2D eigenvalue weighted by atomic mass is 9.80. The number of piperazine rings is 1. The van der Waals surface area contributed by atoms with Gasteiger partial charge < -0.3 is 15.1 Å². The van der Waals surface area contributed by atoms with Crippen molar-refractivity contribution in [3.63, 3.8) is 0 Å². The molecule has 2 atom stereocenters. The summed E-state index contributed by atoms with van der Waals surface area (Å²) in [6, 6.07) is 5.16. The molecule has 0 radical (unpaired) electrons. The highest BCUT2D eigenvalue weighted by Gasteiger charge is 2.29. The highest BCUT2D eigenvalue weighted by Crippen LogP contribution is 2.35. The number of rotatable bonds is 5. The minimum absolute atomic E-state index is 0.0658. The molecule has 25 heavy (non-hydrogen) atoms. The molecule has 138 valence electrons. The Bertz CT molecular complexity index is 599. The van der Waals surface area contributed by atoms with E-state index in [1.165, 1.54) is 6.07 Å². The van der Waals surface area contributed by atoms with Crippen LogP contribution >= 0.6 is 0 Å². The SMILES string of the molecule is CCN1CCN(CCC(=O)N[C@@H]2c3cccc(F)c3CC[C@@H]2C)CC1. The maximum Gasteiger partial charge on any atom is 0.221 e. The first-order chi connectivity index (χ1) is 12.1. The van der Waals surface area contributed by atoms with Crippen LogP contribution in [-0.2, 0) is 11.2 Å². The Kier molecular flexibility index (Phi) is 6.07. The number of halogens is 1. The van der Waals surface area contributed by atoms with Gasteiger partial charge in [-0.2, -0.15) is 0 Å². The molecule has 3 rings (SSSR count). The van der Waals surface area contributed by atoms with Gasteiger partial charge in [0.15, 0.2) is 0 Å². The van der Waals surface area contributed by atoms with E-state index in [4.69, 9.17) is 0 Å². The fourth-order valence-electron chi connectivity index (χ4n) is 4.03. The summed E-state index contributed by atoms with van der Waals surface area (Å²) in [5.41, 5.74) is 1.74. The number of hydrogen-bond acceptors (Lipinski definition) is 3. The summed E-state index contributed by atoms with van der Waals surface area (Å²) in [4.78, 5) is 17.3. The van der Waals surface area contributed by atoms with Crippen LogP contribution in [0.5, 0.6) is 0 Å². The van der Waals surface area contributed by atoms with E-state index in [-0.39, 0.29) is 17.8 Å². The lowest BCUT2D eigenvalue weighted by molar-refractivity contribution is -0.122. The zero-order valence-corrected chi connectivity index (χ0v) is 15.4. The Morgan fingerprint density at radius 1 is 1.24 bits per heavy atom. The molecular weight excluding hydrogens is 317 g/mol. The molecule has 1 aliphatic heterocycles. The van der Waals surface area contributed by atoms with Crippen LogP contribution in [0.2, 0.25) is 0 Å². The highest BCUT2D eigenvalue weighted by atomic mass is 19.1. The Balaban J connectivity index is 1.54. The molecule has 1 aromatic rings. The molecule has 0 saturated carbocycles. The number of nitrogens with zero attached hydrogens (tertiary/aromatic N) is 2. The topological polar surface area (TPSA) is 35.6 Å². The highest BCUT2D eigenvalue weighted by molar-refractivity contribution is 5.76. The fourth-order valence-corrected chi connectivity index (χ4v) is 4.03. The number of likely N-dealkylation sites (N-methyl/N-ethyl adjacent to an activating group) is 1. The van der Waals surface area contributed by atoms with E-state index in [9.17, 15) is 9.18 Å². The summed E-state index contributed by atoms with van der Waals surface area (Å²) in [6.45, 7) is 10.5. The van der Waals surface area contributed by atoms with Crippen molar-refractivity contribution in [1.29, 1.82) is 0 Å². The summed E-state index contributed by atoms with van der Waals surface area (Å²) in [6.07, 6.45) is 2.19. The monoisotopic (exact) mass is 347 g/mol. The van der Waals surface area contributed by atoms with Crippen LogP contribution < -0.4 is 5.32 Å². The van der Waals surface area contributed by atoms with Crippen LogP contribution in [0.25, 0.3) is 0 Å². The van der Waals surface area contributed by atoms with Crippen molar-refractivity contribution in [3.8, 4) is 0 Å². The van der Waals surface area contributed by atoms with E-state index >= 15 is 0 Å². The largest absolute Gasteiger partial charge is 0.349 e. The smallest absolute Gasteiger partial charge is 0.221 e. The van der Waals surface area contributed by atoms with Gasteiger partial charge in [0.05, 0.1) is 6.04 Å². The summed E-state index contributed by atoms with van der Waals surface area (Å²) in [7, 11) is 0. The van der Waals surface area contributed by atoms with Gasteiger partial charge in [-0.1, -0.05) is 26.0 Å². The maximum absolute atomic E-state index is 14.0. The molecule has 0 aromatic heterocycles. The van der Waals surface area contributed by atoms with Crippen molar-refractivity contribution in [3.05, 3.63) is 35.1 Å². The van der Waals surface area contributed by atoms with Gasteiger partial charge in [-0.05, 0) is 42.5 Å². The summed E-state index contributed by atoms with van der Waals surface area (Å²) in [5, 5.41) is 3.17. The maximum atomic E-state index is 14.0. The average Bonchev–Trinajstić information content (AvgIpc) is 2.63. The van der Waals surface area contributed by atoms with Gasteiger partial charge in [0.1, 0.15) is 5.82 Å². The van der Waals surface area contributed by atoms with Gasteiger partial charge in [0.2, 0.25) is 5.91 Å². The first kappa shape index (κ1) is 18.3. The number of carbonyl (C=O) groups is 1. The number of benzene rings is 1. The Hall–Kier alpha value is -1.46. The van der Waals surface area contributed by atoms with Crippen molar-refractivity contribution in [2.45, 2.75) is 39.2 Å². The molecule has 2 aliphatic rings. The number of carbonyl (C=O) groups excluding carboxylic acids is 1. The fraction of sp³-hybridized carbons (Fsp3) is 0.650. The van der Waals surface area contributed by atoms with E-state index in [1.807, 2.05) is 6.07 Å². The molecule has 0 bridgehead atoms. The number of nitrogens with one attached hydrogen (secondary N) is 1. The summed E-state index contributed by atoms with van der Waals surface area (Å²) in [5.74, 6) is 0.274. The van der Waals surface area contributed by atoms with Crippen LogP contribution in [0.1, 0.15) is 43.9 Å². The van der Waals surface area contributed by atoms with Gasteiger partial charge in [0, 0.05) is 39.1 Å². The first-order valence-electron chi connectivity index (χ1n) is 9.59. The van der Waals surface area contributed by atoms with E-state index in [0.29, 0.717) is 12.3 Å². The van der Waals surface area contributed by atoms with Gasteiger partial charge in [-0.15, -0.1) is 0 Å². The molecule has 1 fully saturated rings. The molecule has 0 unspecified atom stereocenters. The average molecular weight is 347 g/mol. The Morgan fingerprint density at radius 3 is 2.68 bits per heavy atom. The number of amides is 1. The van der Waals surface area contributed by atoms with Crippen molar-refractivity contribution in [1.82, 2.24) is 15.1 Å². The molecule has 1 amide bonds. The zero-order valence-electron chi connectivity index (χ0n) is 15.4. The minimum Gasteiger partial charge on any atom is -0.349 e. The van der Waals surface area contributed by atoms with Gasteiger partial charge in [0.25, 0.3) is 0 Å². The Morgan fingerprint density at radius 2 is 1.96 bits per heavy atom. The van der Waals surface area contributed by atoms with Gasteiger partial charge in [-0.25, -0.2) is 4.39 Å². The zero-order chi connectivity index (χ0) is 17.8. The predicted octanol–water partition coefficient (Wildman–Crippen LogP) is 2.59. The van der Waals surface area contributed by atoms with Crippen molar-refractivity contribution in [2.75, 3.05) is 39.3 Å². The molecule has 1 N–H and O–H groups in total. The van der Waals surface area contributed by atoms with E-state index in [1.54, 1.807) is 6.07 Å². The van der Waals surface area contributed by atoms with Crippen molar-refractivity contribution < 1.29 is 9.18 Å². The molecule has 1 aromatic carbocycles. The van der Waals surface area contributed by atoms with Crippen LogP contribution in [0.15, 0.2) is 18.2 Å². The van der Waals surface area contributed by atoms with Crippen LogP contribution in [0.4, 0.5) is 4.39 Å². The Labute approximate surface area is 150 Å². The molecule has 1 aliphatic carbocycles. The summed E-state index contributed by atoms with van der Waals surface area (Å²) < 4.78 is 14.0. The number of hydrogen-bond donors (Lipinski definition) is 1. The standard InChI is InChI=1S/C20H30FN3O/c1-3-23-11-13-24(14-12-23)10-9-19(25)22-20-15(2)7-8-16-17(20)5-4-6-18(16)21/h4-6,15,20H,3,7-14H2,1-2H3,(H,22,25)/t15-,20-/m0/s1. The third-order valence-electron chi connectivity index (χ3n) is 5.79. The quantitative estimate of drug-likeness (QED) is 0.889. The first-order valence-corrected chi connectivity index (χ1v) is 9.59. The normalized spacial score (nSPS) is 24.8. The second-order valence-corrected chi connectivity index (χ2v) is 7.39. The molecular formula is C20H30FN3O. The third kappa shape index (κ3) is 4.39. The summed E-state index contributed by atoms with van der Waals surface area (Å²) >= 11 is 0. The third-order valence-corrected chi connectivity index (χ3v) is 5.79. The van der Waals surface area contributed by atoms with E-state index < -0.39 is 0 Å². The molecule has 4 nitrogen and oxygen atoms in total. The molecule has 5 heteroatoms. The van der Waals surface area contributed by atoms with Gasteiger partial charge in [-0.3, -0.25) is 4.79 Å². The second kappa shape index (κ2) is 8.28. The van der Waals surface area contributed by atoms with E-state index in [2.05, 4.69) is 29.0 Å². The number of fused-ring (bicyclic) bond motifs is 1.